The molecule has 27 heavy (non-hydrogen) atoms. The zero-order chi connectivity index (χ0) is 19.6. The first-order valence-electron chi connectivity index (χ1n) is 9.00. The highest BCUT2D eigenvalue weighted by Gasteiger charge is 2.25. The Kier molecular flexibility index (Phi) is 7.79. The van der Waals surface area contributed by atoms with E-state index in [1.165, 1.54) is 29.2 Å². The number of amides is 2. The van der Waals surface area contributed by atoms with Crippen molar-refractivity contribution in [2.24, 2.45) is 0 Å². The van der Waals surface area contributed by atoms with Crippen LogP contribution in [0, 0.1) is 5.82 Å². The lowest BCUT2D eigenvalue weighted by atomic mass is 10.1. The highest BCUT2D eigenvalue weighted by molar-refractivity contribution is 5.87. The molecule has 0 aliphatic carbocycles. The molecule has 2 rings (SSSR count). The highest BCUT2D eigenvalue weighted by Crippen LogP contribution is 2.12. The molecule has 0 fully saturated rings. The normalized spacial score (nSPS) is 11.5. The summed E-state index contributed by atoms with van der Waals surface area (Å²) in [4.78, 5) is 26.4. The van der Waals surface area contributed by atoms with Gasteiger partial charge in [0.25, 0.3) is 5.91 Å². The third kappa shape index (κ3) is 6.40. The lowest BCUT2D eigenvalue weighted by molar-refractivity contribution is -0.141. The Hall–Kier alpha value is -2.89. The maximum atomic E-state index is 13.0. The van der Waals surface area contributed by atoms with Crippen LogP contribution >= 0.6 is 0 Å². The summed E-state index contributed by atoms with van der Waals surface area (Å²) < 4.78 is 18.4. The maximum absolute atomic E-state index is 13.0. The number of hydrogen-bond acceptors (Lipinski definition) is 3. The van der Waals surface area contributed by atoms with Crippen molar-refractivity contribution in [3.63, 3.8) is 0 Å². The van der Waals surface area contributed by atoms with Gasteiger partial charge in [0, 0.05) is 13.1 Å². The van der Waals surface area contributed by atoms with Gasteiger partial charge in [0.1, 0.15) is 17.6 Å². The van der Waals surface area contributed by atoms with Crippen LogP contribution in [-0.4, -0.2) is 42.5 Å². The first-order valence-corrected chi connectivity index (χ1v) is 9.00. The molecule has 0 heterocycles. The van der Waals surface area contributed by atoms with Crippen molar-refractivity contribution in [2.45, 2.75) is 26.3 Å². The summed E-state index contributed by atoms with van der Waals surface area (Å²) in [5.74, 6) is -0.476. The van der Waals surface area contributed by atoms with Crippen LogP contribution in [0.3, 0.4) is 0 Å². The first kappa shape index (κ1) is 20.4. The fraction of sp³-hybridized carbons (Fsp3) is 0.333. The van der Waals surface area contributed by atoms with Gasteiger partial charge in [-0.3, -0.25) is 9.59 Å². The number of nitrogens with one attached hydrogen (secondary N) is 1. The fourth-order valence-electron chi connectivity index (χ4n) is 2.65. The smallest absolute Gasteiger partial charge is 0.261 e. The van der Waals surface area contributed by atoms with E-state index in [4.69, 9.17) is 4.74 Å². The van der Waals surface area contributed by atoms with E-state index >= 15 is 0 Å². The zero-order valence-electron chi connectivity index (χ0n) is 15.7. The average molecular weight is 372 g/mol. The van der Waals surface area contributed by atoms with Crippen LogP contribution in [0.15, 0.2) is 54.6 Å². The van der Waals surface area contributed by atoms with Crippen LogP contribution in [0.4, 0.5) is 4.39 Å². The van der Waals surface area contributed by atoms with E-state index in [1.807, 2.05) is 37.3 Å². The molecular weight excluding hydrogens is 347 g/mol. The van der Waals surface area contributed by atoms with Gasteiger partial charge in [-0.05, 0) is 50.1 Å². The van der Waals surface area contributed by atoms with Crippen molar-refractivity contribution < 1.29 is 18.7 Å². The van der Waals surface area contributed by atoms with Gasteiger partial charge in [0.2, 0.25) is 5.91 Å². The summed E-state index contributed by atoms with van der Waals surface area (Å²) in [7, 11) is 0. The summed E-state index contributed by atoms with van der Waals surface area (Å²) in [5, 5.41) is 2.74. The third-order valence-electron chi connectivity index (χ3n) is 4.18. The molecule has 6 heteroatoms. The van der Waals surface area contributed by atoms with Gasteiger partial charge in [-0.15, -0.1) is 0 Å². The van der Waals surface area contributed by atoms with E-state index in [0.29, 0.717) is 25.3 Å². The quantitative estimate of drug-likeness (QED) is 0.736. The van der Waals surface area contributed by atoms with Crippen LogP contribution in [0.25, 0.3) is 0 Å². The highest BCUT2D eigenvalue weighted by atomic mass is 19.1. The molecule has 0 radical (unpaired) electrons. The van der Waals surface area contributed by atoms with Gasteiger partial charge in [0.05, 0.1) is 0 Å². The van der Waals surface area contributed by atoms with E-state index in [9.17, 15) is 14.0 Å². The predicted octanol–water partition coefficient (Wildman–Crippen LogP) is 2.80. The Balaban J connectivity index is 2.03. The van der Waals surface area contributed by atoms with Crippen LogP contribution in [0.5, 0.6) is 5.75 Å². The second-order valence-electron chi connectivity index (χ2n) is 6.14. The maximum Gasteiger partial charge on any atom is 0.261 e. The molecule has 0 bridgehead atoms. The largest absolute Gasteiger partial charge is 0.484 e. The van der Waals surface area contributed by atoms with Crippen LogP contribution in [0.1, 0.15) is 19.4 Å². The monoisotopic (exact) mass is 372 g/mol. The van der Waals surface area contributed by atoms with E-state index in [0.717, 1.165) is 5.56 Å². The molecule has 1 N–H and O–H groups in total. The SMILES string of the molecule is CCNC(=O)C(C)N(CCc1ccccc1)C(=O)COc1ccc(F)cc1. The van der Waals surface area contributed by atoms with Crippen molar-refractivity contribution in [2.75, 3.05) is 19.7 Å². The zero-order valence-corrected chi connectivity index (χ0v) is 15.7. The second kappa shape index (κ2) is 10.3. The number of hydrogen-bond donors (Lipinski definition) is 1. The number of likely N-dealkylation sites (N-methyl/N-ethyl adjacent to an activating group) is 1. The molecule has 144 valence electrons. The molecule has 2 amide bonds. The number of benzene rings is 2. The minimum Gasteiger partial charge on any atom is -0.484 e. The summed E-state index contributed by atoms with van der Waals surface area (Å²) in [6.45, 7) is 4.21. The second-order valence-corrected chi connectivity index (χ2v) is 6.14. The van der Waals surface area contributed by atoms with E-state index in [1.54, 1.807) is 6.92 Å². The summed E-state index contributed by atoms with van der Waals surface area (Å²) >= 11 is 0. The van der Waals surface area contributed by atoms with Crippen molar-refractivity contribution >= 4 is 11.8 Å². The fourth-order valence-corrected chi connectivity index (χ4v) is 2.65. The Bertz CT molecular complexity index is 735. The van der Waals surface area contributed by atoms with Crippen molar-refractivity contribution in [3.05, 3.63) is 66.0 Å². The van der Waals surface area contributed by atoms with Gasteiger partial charge in [0.15, 0.2) is 6.61 Å². The molecule has 1 atom stereocenters. The number of halogens is 1. The molecule has 5 nitrogen and oxygen atoms in total. The number of carbonyl (C=O) groups excluding carboxylic acids is 2. The molecule has 0 saturated carbocycles. The molecule has 0 aliphatic heterocycles. The Labute approximate surface area is 159 Å². The summed E-state index contributed by atoms with van der Waals surface area (Å²) in [5.41, 5.74) is 1.08. The Morgan fingerprint density at radius 1 is 1.11 bits per heavy atom. The van der Waals surface area contributed by atoms with Gasteiger partial charge in [-0.25, -0.2) is 4.39 Å². The molecule has 0 saturated heterocycles. The molecule has 0 aromatic heterocycles. The standard InChI is InChI=1S/C21H25FN2O3/c1-3-23-21(26)16(2)24(14-13-17-7-5-4-6-8-17)20(25)15-27-19-11-9-18(22)10-12-19/h4-12,16H,3,13-15H2,1-2H3,(H,23,26). The lowest BCUT2D eigenvalue weighted by Gasteiger charge is -2.28. The van der Waals surface area contributed by atoms with E-state index in [-0.39, 0.29) is 24.2 Å². The van der Waals surface area contributed by atoms with E-state index in [2.05, 4.69) is 5.32 Å². The van der Waals surface area contributed by atoms with Crippen molar-refractivity contribution in [1.29, 1.82) is 0 Å². The molecule has 0 spiro atoms. The minimum absolute atomic E-state index is 0.208. The molecule has 2 aromatic carbocycles. The molecule has 2 aromatic rings. The van der Waals surface area contributed by atoms with Gasteiger partial charge >= 0.3 is 0 Å². The van der Waals surface area contributed by atoms with Gasteiger partial charge < -0.3 is 15.0 Å². The van der Waals surface area contributed by atoms with Gasteiger partial charge in [-0.2, -0.15) is 0 Å². The number of carbonyl (C=O) groups is 2. The van der Waals surface area contributed by atoms with Crippen LogP contribution in [-0.2, 0) is 16.0 Å². The van der Waals surface area contributed by atoms with Crippen molar-refractivity contribution in [1.82, 2.24) is 10.2 Å². The third-order valence-corrected chi connectivity index (χ3v) is 4.18. The van der Waals surface area contributed by atoms with Crippen LogP contribution in [0.2, 0.25) is 0 Å². The minimum atomic E-state index is -0.613. The number of nitrogens with zero attached hydrogens (tertiary/aromatic N) is 1. The number of ether oxygens (including phenoxy) is 1. The number of rotatable bonds is 9. The van der Waals surface area contributed by atoms with Crippen molar-refractivity contribution in [3.8, 4) is 5.75 Å². The topological polar surface area (TPSA) is 58.6 Å². The van der Waals surface area contributed by atoms with E-state index < -0.39 is 6.04 Å². The van der Waals surface area contributed by atoms with Crippen LogP contribution < -0.4 is 10.1 Å². The molecule has 0 aliphatic rings. The summed E-state index contributed by atoms with van der Waals surface area (Å²) in [6, 6.07) is 14.6. The lowest BCUT2D eigenvalue weighted by Crippen LogP contribution is -2.50. The Morgan fingerprint density at radius 3 is 2.41 bits per heavy atom. The molecule has 1 unspecified atom stereocenters. The Morgan fingerprint density at radius 2 is 1.78 bits per heavy atom. The first-order chi connectivity index (χ1) is 13.0. The molecular formula is C21H25FN2O3. The predicted molar refractivity (Wildman–Crippen MR) is 102 cm³/mol. The average Bonchev–Trinajstić information content (AvgIpc) is 2.68. The van der Waals surface area contributed by atoms with Gasteiger partial charge in [-0.1, -0.05) is 30.3 Å². The summed E-state index contributed by atoms with van der Waals surface area (Å²) in [6.07, 6.45) is 0.632.